The average Bonchev–Trinajstić information content (AvgIpc) is 3.37. The fourth-order valence-corrected chi connectivity index (χ4v) is 3.78. The van der Waals surface area contributed by atoms with Crippen LogP contribution in [0.5, 0.6) is 5.75 Å². The van der Waals surface area contributed by atoms with Gasteiger partial charge in [-0.05, 0) is 59.5 Å². The number of amides is 3. The number of primary amides is 1. The number of para-hydroxylation sites is 1. The van der Waals surface area contributed by atoms with E-state index in [1.807, 2.05) is 32.0 Å². The summed E-state index contributed by atoms with van der Waals surface area (Å²) in [6.07, 6.45) is -0.274. The van der Waals surface area contributed by atoms with Crippen molar-refractivity contribution >= 4 is 29.5 Å². The molecule has 0 unspecified atom stereocenters. The molecule has 0 aliphatic heterocycles. The molecule has 0 fully saturated rings. The summed E-state index contributed by atoms with van der Waals surface area (Å²) >= 11 is 0. The number of carbonyl (C=O) groups is 2. The molecule has 3 aromatic carbocycles. The predicted molar refractivity (Wildman–Crippen MR) is 145 cm³/mol. The Balaban J connectivity index is 1.42. The first-order valence-corrected chi connectivity index (χ1v) is 12.0. The zero-order valence-corrected chi connectivity index (χ0v) is 21.5. The molecule has 3 N–H and O–H groups in total. The molecular weight excluding hydrogens is 525 g/mol. The first-order valence-electron chi connectivity index (χ1n) is 12.0. The first kappa shape index (κ1) is 27.9. The summed E-state index contributed by atoms with van der Waals surface area (Å²) in [6.45, 7) is 4.03. The minimum absolute atomic E-state index is 0.145. The van der Waals surface area contributed by atoms with Crippen LogP contribution in [0.4, 0.5) is 29.3 Å². The molecule has 4 rings (SSSR count). The maximum atomic E-state index is 12.5. The molecule has 0 aliphatic carbocycles. The van der Waals surface area contributed by atoms with Gasteiger partial charge in [0.2, 0.25) is 0 Å². The van der Waals surface area contributed by atoms with Crippen LogP contribution in [0.25, 0.3) is 5.69 Å². The molecule has 1 aromatic heterocycles. The Kier molecular flexibility index (Phi) is 8.18. The van der Waals surface area contributed by atoms with Crippen molar-refractivity contribution in [3.63, 3.8) is 0 Å². The summed E-state index contributed by atoms with van der Waals surface area (Å²) in [7, 11) is 0. The highest BCUT2D eigenvalue weighted by Gasteiger charge is 2.31. The van der Waals surface area contributed by atoms with E-state index in [1.54, 1.807) is 36.5 Å². The number of benzene rings is 3. The van der Waals surface area contributed by atoms with Gasteiger partial charge < -0.3 is 15.8 Å². The van der Waals surface area contributed by atoms with Gasteiger partial charge in [-0.15, -0.1) is 13.2 Å². The van der Waals surface area contributed by atoms with Crippen LogP contribution < -0.4 is 20.8 Å². The standard InChI is InChI=1S/C28H25F3N6O3/c1-18(2)24-5-3-4-6-25(24)37(27(32)39)34-15-19-7-11-22(12-8-19)36-17-21(16-33-36)35-26(38)20-9-13-23(14-10-20)40-28(29,30)31/h3-18H,1-2H3,(H2,32,39)(H,35,38)/b34-15+. The van der Waals surface area contributed by atoms with Crippen LogP contribution in [0.2, 0.25) is 0 Å². The van der Waals surface area contributed by atoms with Gasteiger partial charge in [0.15, 0.2) is 0 Å². The topological polar surface area (TPSA) is 115 Å². The van der Waals surface area contributed by atoms with Crippen LogP contribution in [0.1, 0.15) is 41.3 Å². The molecule has 0 bridgehead atoms. The van der Waals surface area contributed by atoms with E-state index in [0.717, 1.165) is 22.7 Å². The van der Waals surface area contributed by atoms with Crippen molar-refractivity contribution in [2.75, 3.05) is 10.3 Å². The van der Waals surface area contributed by atoms with E-state index < -0.39 is 24.1 Å². The monoisotopic (exact) mass is 550 g/mol. The molecular formula is C28H25F3N6O3. The second-order valence-electron chi connectivity index (χ2n) is 8.90. The molecule has 4 aromatic rings. The number of halogens is 3. The molecule has 3 amide bonds. The van der Waals surface area contributed by atoms with E-state index in [-0.39, 0.29) is 11.5 Å². The molecule has 0 aliphatic rings. The number of nitrogens with zero attached hydrogens (tertiary/aromatic N) is 4. The van der Waals surface area contributed by atoms with Gasteiger partial charge in [-0.1, -0.05) is 44.2 Å². The zero-order chi connectivity index (χ0) is 28.9. The molecule has 9 nitrogen and oxygen atoms in total. The largest absolute Gasteiger partial charge is 0.573 e. The smallest absolute Gasteiger partial charge is 0.406 e. The number of hydrazone groups is 1. The summed E-state index contributed by atoms with van der Waals surface area (Å²) in [5.74, 6) is -0.787. The number of ether oxygens (including phenoxy) is 1. The second kappa shape index (κ2) is 11.7. The lowest BCUT2D eigenvalue weighted by atomic mass is 10.0. The molecule has 0 spiro atoms. The van der Waals surface area contributed by atoms with Crippen molar-refractivity contribution in [2.24, 2.45) is 10.8 Å². The van der Waals surface area contributed by atoms with Crippen molar-refractivity contribution in [2.45, 2.75) is 26.1 Å². The number of aromatic nitrogens is 2. The van der Waals surface area contributed by atoms with Gasteiger partial charge in [-0.25, -0.2) is 9.48 Å². The number of hydrogen-bond acceptors (Lipinski definition) is 5. The molecule has 206 valence electrons. The second-order valence-corrected chi connectivity index (χ2v) is 8.90. The summed E-state index contributed by atoms with van der Waals surface area (Å²) in [5, 5.41) is 12.3. The average molecular weight is 551 g/mol. The van der Waals surface area contributed by atoms with Gasteiger partial charge in [0, 0.05) is 5.56 Å². The quantitative estimate of drug-likeness (QED) is 0.205. The Hall–Kier alpha value is -5.13. The Bertz CT molecular complexity index is 1510. The van der Waals surface area contributed by atoms with E-state index in [4.69, 9.17) is 5.73 Å². The third-order valence-electron chi connectivity index (χ3n) is 5.67. The summed E-state index contributed by atoms with van der Waals surface area (Å²) in [4.78, 5) is 24.6. The van der Waals surface area contributed by atoms with Crippen molar-refractivity contribution in [3.05, 3.63) is 102 Å². The van der Waals surface area contributed by atoms with E-state index in [2.05, 4.69) is 20.3 Å². The third-order valence-corrected chi connectivity index (χ3v) is 5.67. The lowest BCUT2D eigenvalue weighted by Crippen LogP contribution is -2.32. The van der Waals surface area contributed by atoms with Crippen molar-refractivity contribution < 1.29 is 27.5 Å². The number of urea groups is 1. The lowest BCUT2D eigenvalue weighted by Gasteiger charge is -2.20. The SMILES string of the molecule is CC(C)c1ccccc1N(/N=C/c1ccc(-n2cc(NC(=O)c3ccc(OC(F)(F)F)cc3)cn2)cc1)C(N)=O. The zero-order valence-electron chi connectivity index (χ0n) is 21.5. The van der Waals surface area contributed by atoms with Gasteiger partial charge in [0.25, 0.3) is 5.91 Å². The van der Waals surface area contributed by atoms with Crippen LogP contribution in [0.3, 0.4) is 0 Å². The van der Waals surface area contributed by atoms with E-state index in [0.29, 0.717) is 22.6 Å². The van der Waals surface area contributed by atoms with Gasteiger partial charge in [0.1, 0.15) is 5.75 Å². The Labute approximate surface area is 227 Å². The van der Waals surface area contributed by atoms with Gasteiger partial charge in [-0.2, -0.15) is 15.2 Å². The molecule has 12 heteroatoms. The fourth-order valence-electron chi connectivity index (χ4n) is 3.78. The number of hydrogen-bond donors (Lipinski definition) is 2. The Morgan fingerprint density at radius 2 is 1.73 bits per heavy atom. The number of nitrogens with one attached hydrogen (secondary N) is 1. The van der Waals surface area contributed by atoms with Crippen LogP contribution >= 0.6 is 0 Å². The van der Waals surface area contributed by atoms with Gasteiger partial charge >= 0.3 is 12.4 Å². The minimum atomic E-state index is -4.81. The lowest BCUT2D eigenvalue weighted by molar-refractivity contribution is -0.274. The highest BCUT2D eigenvalue weighted by molar-refractivity contribution is 6.04. The molecule has 0 atom stereocenters. The van der Waals surface area contributed by atoms with Crippen LogP contribution in [-0.4, -0.2) is 34.3 Å². The van der Waals surface area contributed by atoms with Crippen LogP contribution in [0.15, 0.2) is 90.3 Å². The van der Waals surface area contributed by atoms with Crippen molar-refractivity contribution in [1.82, 2.24) is 9.78 Å². The molecule has 0 saturated heterocycles. The van der Waals surface area contributed by atoms with Crippen LogP contribution in [0, 0.1) is 0 Å². The third kappa shape index (κ3) is 7.04. The molecule has 0 radical (unpaired) electrons. The maximum Gasteiger partial charge on any atom is 0.573 e. The first-order chi connectivity index (χ1) is 19.0. The Morgan fingerprint density at radius 3 is 2.35 bits per heavy atom. The van der Waals surface area contributed by atoms with E-state index in [9.17, 15) is 22.8 Å². The number of rotatable bonds is 8. The highest BCUT2D eigenvalue weighted by atomic mass is 19.4. The summed E-state index contributed by atoms with van der Waals surface area (Å²) in [5.41, 5.74) is 9.04. The number of carbonyl (C=O) groups excluding carboxylic acids is 2. The molecule has 1 heterocycles. The minimum Gasteiger partial charge on any atom is -0.406 e. The summed E-state index contributed by atoms with van der Waals surface area (Å²) < 4.78 is 42.3. The van der Waals surface area contributed by atoms with Crippen molar-refractivity contribution in [1.29, 1.82) is 0 Å². The Morgan fingerprint density at radius 1 is 1.05 bits per heavy atom. The van der Waals surface area contributed by atoms with E-state index >= 15 is 0 Å². The van der Waals surface area contributed by atoms with Crippen molar-refractivity contribution in [3.8, 4) is 11.4 Å². The highest BCUT2D eigenvalue weighted by Crippen LogP contribution is 2.28. The predicted octanol–water partition coefficient (Wildman–Crippen LogP) is 6.07. The van der Waals surface area contributed by atoms with Crippen LogP contribution in [-0.2, 0) is 0 Å². The number of nitrogens with two attached hydrogens (primary N) is 1. The van der Waals surface area contributed by atoms with Gasteiger partial charge in [0.05, 0.1) is 35.7 Å². The number of alkyl halides is 3. The molecule has 0 saturated carbocycles. The fraction of sp³-hybridized carbons (Fsp3) is 0.143. The van der Waals surface area contributed by atoms with E-state index in [1.165, 1.54) is 29.2 Å². The van der Waals surface area contributed by atoms with Gasteiger partial charge in [-0.3, -0.25) is 4.79 Å². The number of anilines is 2. The molecule has 40 heavy (non-hydrogen) atoms. The summed E-state index contributed by atoms with van der Waals surface area (Å²) in [6, 6.07) is 18.4. The normalized spacial score (nSPS) is 11.6. The maximum absolute atomic E-state index is 12.5.